The van der Waals surface area contributed by atoms with Crippen LogP contribution in [0.2, 0.25) is 0 Å². The zero-order valence-electron chi connectivity index (χ0n) is 11.0. The van der Waals surface area contributed by atoms with Gasteiger partial charge in [0.15, 0.2) is 0 Å². The number of ether oxygens (including phenoxy) is 1. The van der Waals surface area contributed by atoms with Crippen molar-refractivity contribution in [3.63, 3.8) is 0 Å². The lowest BCUT2D eigenvalue weighted by atomic mass is 10.1. The van der Waals surface area contributed by atoms with Gasteiger partial charge in [0.1, 0.15) is 0 Å². The highest BCUT2D eigenvalue weighted by atomic mass is 16.5. The Morgan fingerprint density at radius 1 is 1.35 bits per heavy atom. The molecule has 0 radical (unpaired) electrons. The number of hydrogen-bond acceptors (Lipinski definition) is 3. The summed E-state index contributed by atoms with van der Waals surface area (Å²) in [6.45, 7) is 0.782. The van der Waals surface area contributed by atoms with E-state index in [9.17, 15) is 4.79 Å². The van der Waals surface area contributed by atoms with E-state index in [1.807, 2.05) is 6.33 Å². The molecule has 2 atom stereocenters. The Balaban J connectivity index is 1.78. The lowest BCUT2D eigenvalue weighted by Gasteiger charge is -2.20. The van der Waals surface area contributed by atoms with Gasteiger partial charge in [0.25, 0.3) is 0 Å². The normalized spacial score (nSPS) is 26.2. The number of benzene rings is 1. The number of rotatable bonds is 3. The van der Waals surface area contributed by atoms with Crippen LogP contribution in [-0.4, -0.2) is 33.3 Å². The average Bonchev–Trinajstić information content (AvgIpc) is 3.02. The van der Waals surface area contributed by atoms with Crippen molar-refractivity contribution < 1.29 is 14.6 Å². The van der Waals surface area contributed by atoms with E-state index in [2.05, 4.69) is 9.55 Å². The minimum absolute atomic E-state index is 0.265. The first kappa shape index (κ1) is 11.9. The second-order valence-corrected chi connectivity index (χ2v) is 5.69. The topological polar surface area (TPSA) is 64.3 Å². The SMILES string of the molecule is O=C(O)c1ccc2ncn(C3CCOC3C3CC3)c2c1. The Bertz CT molecular complexity index is 675. The van der Waals surface area contributed by atoms with E-state index in [1.165, 1.54) is 12.8 Å². The van der Waals surface area contributed by atoms with Crippen molar-refractivity contribution in [1.82, 2.24) is 9.55 Å². The van der Waals surface area contributed by atoms with Gasteiger partial charge in [-0.1, -0.05) is 0 Å². The molecule has 104 valence electrons. The maximum absolute atomic E-state index is 11.1. The highest BCUT2D eigenvalue weighted by Gasteiger charge is 2.41. The summed E-state index contributed by atoms with van der Waals surface area (Å²) in [6.07, 6.45) is 5.55. The van der Waals surface area contributed by atoms with Gasteiger partial charge in [-0.15, -0.1) is 0 Å². The van der Waals surface area contributed by atoms with E-state index in [1.54, 1.807) is 18.2 Å². The smallest absolute Gasteiger partial charge is 0.335 e. The Hall–Kier alpha value is -1.88. The largest absolute Gasteiger partial charge is 0.478 e. The number of aromatic carboxylic acids is 1. The fraction of sp³-hybridized carbons (Fsp3) is 0.467. The van der Waals surface area contributed by atoms with Crippen LogP contribution in [0.3, 0.4) is 0 Å². The predicted molar refractivity (Wildman–Crippen MR) is 72.8 cm³/mol. The molecule has 4 rings (SSSR count). The van der Waals surface area contributed by atoms with Gasteiger partial charge in [-0.2, -0.15) is 0 Å². The molecule has 20 heavy (non-hydrogen) atoms. The molecule has 0 amide bonds. The van der Waals surface area contributed by atoms with Crippen molar-refractivity contribution in [1.29, 1.82) is 0 Å². The maximum Gasteiger partial charge on any atom is 0.335 e. The molecule has 1 saturated carbocycles. The van der Waals surface area contributed by atoms with Crippen molar-refractivity contribution in [2.45, 2.75) is 31.4 Å². The highest BCUT2D eigenvalue weighted by Crippen LogP contribution is 2.44. The summed E-state index contributed by atoms with van der Waals surface area (Å²) in [6, 6.07) is 5.38. The third kappa shape index (κ3) is 1.81. The van der Waals surface area contributed by atoms with E-state index >= 15 is 0 Å². The van der Waals surface area contributed by atoms with E-state index in [0.29, 0.717) is 11.5 Å². The number of hydrogen-bond donors (Lipinski definition) is 1. The monoisotopic (exact) mass is 272 g/mol. The average molecular weight is 272 g/mol. The van der Waals surface area contributed by atoms with Gasteiger partial charge in [-0.05, 0) is 43.4 Å². The summed E-state index contributed by atoms with van der Waals surface area (Å²) in [4.78, 5) is 15.5. The molecule has 5 heteroatoms. The number of carbonyl (C=O) groups is 1. The lowest BCUT2D eigenvalue weighted by molar-refractivity contribution is 0.0697. The molecule has 2 heterocycles. The summed E-state index contributed by atoms with van der Waals surface area (Å²) >= 11 is 0. The Labute approximate surface area is 116 Å². The first-order valence-corrected chi connectivity index (χ1v) is 7.05. The van der Waals surface area contributed by atoms with Crippen LogP contribution in [0, 0.1) is 5.92 Å². The van der Waals surface area contributed by atoms with Gasteiger partial charge in [0.2, 0.25) is 0 Å². The van der Waals surface area contributed by atoms with Crippen LogP contribution in [0.1, 0.15) is 35.7 Å². The van der Waals surface area contributed by atoms with E-state index in [0.717, 1.165) is 24.1 Å². The molecule has 2 aliphatic rings. The molecule has 1 saturated heterocycles. The molecule has 1 N–H and O–H groups in total. The Morgan fingerprint density at radius 3 is 2.95 bits per heavy atom. The first-order chi connectivity index (χ1) is 9.74. The van der Waals surface area contributed by atoms with Crippen molar-refractivity contribution in [2.75, 3.05) is 6.61 Å². The summed E-state index contributed by atoms with van der Waals surface area (Å²) in [5.74, 6) is -0.233. The number of nitrogens with zero attached hydrogens (tertiary/aromatic N) is 2. The van der Waals surface area contributed by atoms with Crippen LogP contribution in [-0.2, 0) is 4.74 Å². The third-order valence-corrected chi connectivity index (χ3v) is 4.37. The molecule has 2 fully saturated rings. The zero-order valence-corrected chi connectivity index (χ0v) is 11.0. The van der Waals surface area contributed by atoms with E-state index in [4.69, 9.17) is 9.84 Å². The molecular weight excluding hydrogens is 256 g/mol. The summed E-state index contributed by atoms with van der Waals surface area (Å²) in [7, 11) is 0. The molecule has 0 bridgehead atoms. The molecule has 0 spiro atoms. The molecule has 5 nitrogen and oxygen atoms in total. The van der Waals surface area contributed by atoms with Gasteiger partial charge in [-0.25, -0.2) is 9.78 Å². The van der Waals surface area contributed by atoms with Crippen molar-refractivity contribution in [3.8, 4) is 0 Å². The second kappa shape index (κ2) is 4.31. The minimum Gasteiger partial charge on any atom is -0.478 e. The lowest BCUT2D eigenvalue weighted by Crippen LogP contribution is -2.21. The van der Waals surface area contributed by atoms with Crippen LogP contribution in [0.25, 0.3) is 11.0 Å². The number of carboxylic acid groups (broad SMARTS) is 1. The van der Waals surface area contributed by atoms with Gasteiger partial charge in [0, 0.05) is 6.61 Å². The van der Waals surface area contributed by atoms with Crippen LogP contribution in [0.15, 0.2) is 24.5 Å². The number of aromatic nitrogens is 2. The molecule has 1 aliphatic carbocycles. The maximum atomic E-state index is 11.1. The quantitative estimate of drug-likeness (QED) is 0.932. The van der Waals surface area contributed by atoms with Crippen LogP contribution in [0.4, 0.5) is 0 Å². The van der Waals surface area contributed by atoms with Crippen LogP contribution >= 0.6 is 0 Å². The van der Waals surface area contributed by atoms with Crippen LogP contribution in [0.5, 0.6) is 0 Å². The van der Waals surface area contributed by atoms with Crippen LogP contribution < -0.4 is 0 Å². The molecule has 1 aromatic heterocycles. The Morgan fingerprint density at radius 2 is 2.20 bits per heavy atom. The number of fused-ring (bicyclic) bond motifs is 1. The molecule has 2 unspecified atom stereocenters. The van der Waals surface area contributed by atoms with Gasteiger partial charge in [0.05, 0.1) is 35.1 Å². The van der Waals surface area contributed by atoms with E-state index in [-0.39, 0.29) is 12.1 Å². The summed E-state index contributed by atoms with van der Waals surface area (Å²) < 4.78 is 7.98. The molecule has 1 aromatic carbocycles. The van der Waals surface area contributed by atoms with Crippen molar-refractivity contribution in [2.24, 2.45) is 5.92 Å². The minimum atomic E-state index is -0.902. The molecule has 2 aromatic rings. The second-order valence-electron chi connectivity index (χ2n) is 5.69. The molecule has 1 aliphatic heterocycles. The first-order valence-electron chi connectivity index (χ1n) is 7.05. The van der Waals surface area contributed by atoms with Gasteiger partial charge in [-0.3, -0.25) is 0 Å². The summed E-state index contributed by atoms with van der Waals surface area (Å²) in [5.41, 5.74) is 2.05. The van der Waals surface area contributed by atoms with Gasteiger partial charge < -0.3 is 14.4 Å². The highest BCUT2D eigenvalue weighted by molar-refractivity contribution is 5.92. The molecular formula is C15H16N2O3. The van der Waals surface area contributed by atoms with Crippen molar-refractivity contribution >= 4 is 17.0 Å². The standard InChI is InChI=1S/C15H16N2O3/c18-15(19)10-3-4-11-13(7-10)17(8-16-11)12-5-6-20-14(12)9-1-2-9/h3-4,7-9,12,14H,1-2,5-6H2,(H,18,19). The number of carboxylic acids is 1. The van der Waals surface area contributed by atoms with Gasteiger partial charge >= 0.3 is 5.97 Å². The summed E-state index contributed by atoms with van der Waals surface area (Å²) in [5, 5.41) is 9.13. The zero-order chi connectivity index (χ0) is 13.7. The van der Waals surface area contributed by atoms with E-state index < -0.39 is 5.97 Å². The third-order valence-electron chi connectivity index (χ3n) is 4.37. The van der Waals surface area contributed by atoms with Crippen molar-refractivity contribution in [3.05, 3.63) is 30.1 Å². The fourth-order valence-electron chi connectivity index (χ4n) is 3.20. The Kier molecular flexibility index (Phi) is 2.57. The number of imidazole rings is 1. The fourth-order valence-corrected chi connectivity index (χ4v) is 3.20. The predicted octanol–water partition coefficient (Wildman–Crippen LogP) is 2.47.